The Labute approximate surface area is 150 Å². The first-order chi connectivity index (χ1) is 11.9. The van der Waals surface area contributed by atoms with Gasteiger partial charge in [-0.05, 0) is 44.4 Å². The number of rotatable bonds is 5. The standard InChI is InChI=1S/C18H30N2O4S/c1-25(22,23)19-11-7-15(8-12-19)20-17(21)16(24-13-14-5-6-14)18(20)9-3-2-4-10-18/h14-16H,2-13H2,1H3. The molecule has 0 aromatic carbocycles. The minimum Gasteiger partial charge on any atom is -0.366 e. The molecule has 1 atom stereocenters. The van der Waals surface area contributed by atoms with E-state index in [0.29, 0.717) is 19.0 Å². The highest BCUT2D eigenvalue weighted by molar-refractivity contribution is 7.88. The van der Waals surface area contributed by atoms with Crippen LogP contribution in [0, 0.1) is 5.92 Å². The first-order valence-corrected chi connectivity index (χ1v) is 11.7. The fourth-order valence-corrected chi connectivity index (χ4v) is 5.90. The SMILES string of the molecule is CS(=O)(=O)N1CCC(N2C(=O)C(OCC3CC3)C23CCCCC3)CC1. The summed E-state index contributed by atoms with van der Waals surface area (Å²) < 4.78 is 31.1. The van der Waals surface area contributed by atoms with Gasteiger partial charge in [-0.3, -0.25) is 4.79 Å². The van der Waals surface area contributed by atoms with E-state index in [-0.39, 0.29) is 23.6 Å². The zero-order valence-corrected chi connectivity index (χ0v) is 16.0. The summed E-state index contributed by atoms with van der Waals surface area (Å²) in [5.74, 6) is 0.820. The molecule has 2 heterocycles. The number of likely N-dealkylation sites (tertiary alicyclic amines) is 1. The van der Waals surface area contributed by atoms with Gasteiger partial charge >= 0.3 is 0 Å². The van der Waals surface area contributed by atoms with Gasteiger partial charge in [-0.2, -0.15) is 0 Å². The Kier molecular flexibility index (Phi) is 4.61. The van der Waals surface area contributed by atoms with Gasteiger partial charge in [0, 0.05) is 19.1 Å². The van der Waals surface area contributed by atoms with Crippen molar-refractivity contribution in [1.82, 2.24) is 9.21 Å². The largest absolute Gasteiger partial charge is 0.366 e. The lowest BCUT2D eigenvalue weighted by Crippen LogP contribution is -2.78. The highest BCUT2D eigenvalue weighted by atomic mass is 32.2. The second-order valence-electron chi connectivity index (χ2n) is 8.42. The van der Waals surface area contributed by atoms with Crippen LogP contribution >= 0.6 is 0 Å². The lowest BCUT2D eigenvalue weighted by molar-refractivity contribution is -0.211. The van der Waals surface area contributed by atoms with E-state index in [4.69, 9.17) is 4.74 Å². The smallest absolute Gasteiger partial charge is 0.254 e. The van der Waals surface area contributed by atoms with Crippen molar-refractivity contribution < 1.29 is 17.9 Å². The zero-order chi connectivity index (χ0) is 17.7. The molecule has 25 heavy (non-hydrogen) atoms. The number of piperidine rings is 1. The van der Waals surface area contributed by atoms with Crippen LogP contribution in [0.1, 0.15) is 57.8 Å². The molecule has 2 aliphatic carbocycles. The summed E-state index contributed by atoms with van der Waals surface area (Å²) >= 11 is 0. The van der Waals surface area contributed by atoms with Gasteiger partial charge in [-0.15, -0.1) is 0 Å². The Morgan fingerprint density at radius 1 is 1.08 bits per heavy atom. The van der Waals surface area contributed by atoms with Gasteiger partial charge in [-0.1, -0.05) is 19.3 Å². The van der Waals surface area contributed by atoms with E-state index >= 15 is 0 Å². The fourth-order valence-electron chi connectivity index (χ4n) is 5.02. The van der Waals surface area contributed by atoms with Crippen molar-refractivity contribution in [2.75, 3.05) is 26.0 Å². The summed E-state index contributed by atoms with van der Waals surface area (Å²) in [6, 6.07) is 0.171. The molecule has 2 saturated carbocycles. The van der Waals surface area contributed by atoms with Gasteiger partial charge in [0.25, 0.3) is 5.91 Å². The number of carbonyl (C=O) groups excluding carboxylic acids is 1. The Hall–Kier alpha value is -0.660. The van der Waals surface area contributed by atoms with Crippen LogP contribution in [-0.4, -0.2) is 67.2 Å². The predicted octanol–water partition coefficient (Wildman–Crippen LogP) is 1.75. The van der Waals surface area contributed by atoms with E-state index in [1.54, 1.807) is 4.31 Å². The van der Waals surface area contributed by atoms with E-state index in [0.717, 1.165) is 45.1 Å². The van der Waals surface area contributed by atoms with Crippen molar-refractivity contribution in [3.05, 3.63) is 0 Å². The maximum atomic E-state index is 12.9. The molecule has 0 bridgehead atoms. The van der Waals surface area contributed by atoms with Crippen LogP contribution in [0.15, 0.2) is 0 Å². The summed E-state index contributed by atoms with van der Waals surface area (Å²) in [6.07, 6.45) is 10.6. The van der Waals surface area contributed by atoms with Crippen LogP contribution in [0.4, 0.5) is 0 Å². The number of sulfonamides is 1. The first kappa shape index (κ1) is 17.7. The number of carbonyl (C=O) groups is 1. The molecule has 1 amide bonds. The summed E-state index contributed by atoms with van der Waals surface area (Å²) in [5.41, 5.74) is -0.109. The van der Waals surface area contributed by atoms with Crippen LogP contribution in [0.2, 0.25) is 0 Å². The first-order valence-electron chi connectivity index (χ1n) is 9.82. The van der Waals surface area contributed by atoms with Crippen molar-refractivity contribution >= 4 is 15.9 Å². The van der Waals surface area contributed by atoms with Crippen molar-refractivity contribution in [3.8, 4) is 0 Å². The quantitative estimate of drug-likeness (QED) is 0.692. The molecule has 4 rings (SSSR count). The van der Waals surface area contributed by atoms with Crippen LogP contribution in [0.5, 0.6) is 0 Å². The predicted molar refractivity (Wildman–Crippen MR) is 94.6 cm³/mol. The summed E-state index contributed by atoms with van der Waals surface area (Å²) in [6.45, 7) is 1.78. The third kappa shape index (κ3) is 3.23. The molecule has 0 aromatic rings. The highest BCUT2D eigenvalue weighted by Gasteiger charge is 2.62. The molecule has 1 unspecified atom stereocenters. The van der Waals surface area contributed by atoms with Gasteiger partial charge in [0.1, 0.15) is 0 Å². The number of amides is 1. The second kappa shape index (κ2) is 6.50. The van der Waals surface area contributed by atoms with E-state index in [1.165, 1.54) is 25.5 Å². The minimum atomic E-state index is -3.13. The lowest BCUT2D eigenvalue weighted by Gasteiger charge is -2.62. The van der Waals surface area contributed by atoms with E-state index < -0.39 is 10.0 Å². The molecular formula is C18H30N2O4S. The molecule has 2 aliphatic heterocycles. The van der Waals surface area contributed by atoms with Gasteiger partial charge in [0.15, 0.2) is 6.10 Å². The third-order valence-electron chi connectivity index (χ3n) is 6.60. The fraction of sp³-hybridized carbons (Fsp3) is 0.944. The molecular weight excluding hydrogens is 340 g/mol. The summed E-state index contributed by atoms with van der Waals surface area (Å²) in [7, 11) is -3.13. The molecule has 0 aromatic heterocycles. The summed E-state index contributed by atoms with van der Waals surface area (Å²) in [5, 5.41) is 0. The third-order valence-corrected chi connectivity index (χ3v) is 7.91. The van der Waals surface area contributed by atoms with Crippen LogP contribution in [0.3, 0.4) is 0 Å². The average molecular weight is 371 g/mol. The van der Waals surface area contributed by atoms with Gasteiger partial charge in [-0.25, -0.2) is 12.7 Å². The van der Waals surface area contributed by atoms with Gasteiger partial charge in [0.2, 0.25) is 10.0 Å². The Balaban J connectivity index is 1.45. The average Bonchev–Trinajstić information content (AvgIpc) is 3.40. The zero-order valence-electron chi connectivity index (χ0n) is 15.2. The van der Waals surface area contributed by atoms with Crippen LogP contribution in [-0.2, 0) is 19.6 Å². The lowest BCUT2D eigenvalue weighted by atomic mass is 9.68. The maximum absolute atomic E-state index is 12.9. The maximum Gasteiger partial charge on any atom is 0.254 e. The molecule has 4 aliphatic rings. The number of ether oxygens (including phenoxy) is 1. The number of β-lactam (4-membered cyclic amide) rings is 1. The van der Waals surface area contributed by atoms with E-state index in [9.17, 15) is 13.2 Å². The monoisotopic (exact) mass is 370 g/mol. The van der Waals surface area contributed by atoms with Gasteiger partial charge < -0.3 is 9.64 Å². The number of hydrogen-bond donors (Lipinski definition) is 0. The molecule has 2 saturated heterocycles. The Morgan fingerprint density at radius 3 is 2.28 bits per heavy atom. The van der Waals surface area contributed by atoms with Gasteiger partial charge in [0.05, 0.1) is 18.4 Å². The van der Waals surface area contributed by atoms with E-state index in [1.807, 2.05) is 0 Å². The molecule has 0 N–H and O–H groups in total. The second-order valence-corrected chi connectivity index (χ2v) is 10.4. The van der Waals surface area contributed by atoms with Crippen molar-refractivity contribution in [2.45, 2.75) is 75.5 Å². The van der Waals surface area contributed by atoms with Crippen molar-refractivity contribution in [1.29, 1.82) is 0 Å². The molecule has 0 radical (unpaired) electrons. The Morgan fingerprint density at radius 2 is 1.72 bits per heavy atom. The summed E-state index contributed by atoms with van der Waals surface area (Å²) in [4.78, 5) is 15.0. The van der Waals surface area contributed by atoms with Crippen molar-refractivity contribution in [2.24, 2.45) is 5.92 Å². The number of hydrogen-bond acceptors (Lipinski definition) is 4. The molecule has 142 valence electrons. The highest BCUT2D eigenvalue weighted by Crippen LogP contribution is 2.48. The normalized spacial score (nSPS) is 31.3. The van der Waals surface area contributed by atoms with Crippen LogP contribution < -0.4 is 0 Å². The number of nitrogens with zero attached hydrogens (tertiary/aromatic N) is 2. The topological polar surface area (TPSA) is 66.9 Å². The Bertz CT molecular complexity index is 617. The molecule has 6 nitrogen and oxygen atoms in total. The molecule has 1 spiro atoms. The van der Waals surface area contributed by atoms with Crippen LogP contribution in [0.25, 0.3) is 0 Å². The van der Waals surface area contributed by atoms with E-state index in [2.05, 4.69) is 4.90 Å². The molecule has 7 heteroatoms. The minimum absolute atomic E-state index is 0.109. The van der Waals surface area contributed by atoms with Crippen molar-refractivity contribution in [3.63, 3.8) is 0 Å². The molecule has 4 fully saturated rings.